The van der Waals surface area contributed by atoms with Gasteiger partial charge >= 0.3 is 0 Å². The minimum atomic E-state index is 0.364. The van der Waals surface area contributed by atoms with Gasteiger partial charge in [-0.15, -0.1) is 0 Å². The van der Waals surface area contributed by atoms with Crippen LogP contribution >= 0.6 is 11.6 Å². The van der Waals surface area contributed by atoms with Crippen LogP contribution in [0.25, 0.3) is 0 Å². The minimum absolute atomic E-state index is 0.364. The molecule has 0 heterocycles. The van der Waals surface area contributed by atoms with E-state index in [4.69, 9.17) is 11.6 Å². The van der Waals surface area contributed by atoms with Gasteiger partial charge in [-0.3, -0.25) is 0 Å². The molecule has 1 unspecified atom stereocenters. The van der Waals surface area contributed by atoms with Gasteiger partial charge in [-0.2, -0.15) is 0 Å². The number of rotatable bonds is 2. The van der Waals surface area contributed by atoms with Crippen LogP contribution < -0.4 is 5.32 Å². The lowest BCUT2D eigenvalue weighted by Crippen LogP contribution is -2.12. The van der Waals surface area contributed by atoms with E-state index >= 15 is 0 Å². The van der Waals surface area contributed by atoms with Crippen molar-refractivity contribution in [2.45, 2.75) is 19.9 Å². The SMILES string of the molecule is CNC(C)c1ccc(C)c(Cl)c1. The highest BCUT2D eigenvalue weighted by molar-refractivity contribution is 6.31. The molecule has 0 aliphatic heterocycles. The molecule has 0 aliphatic carbocycles. The minimum Gasteiger partial charge on any atom is -0.313 e. The van der Waals surface area contributed by atoms with Gasteiger partial charge in [-0.25, -0.2) is 0 Å². The first-order valence-corrected chi connectivity index (χ1v) is 4.46. The van der Waals surface area contributed by atoms with Crippen LogP contribution in [0.1, 0.15) is 24.1 Å². The van der Waals surface area contributed by atoms with Crippen LogP contribution in [0.2, 0.25) is 5.02 Å². The van der Waals surface area contributed by atoms with E-state index in [0.717, 1.165) is 10.6 Å². The molecule has 0 fully saturated rings. The molecule has 2 heteroatoms. The van der Waals surface area contributed by atoms with Crippen molar-refractivity contribution in [2.75, 3.05) is 7.05 Å². The Morgan fingerprint density at radius 1 is 1.42 bits per heavy atom. The molecule has 0 saturated carbocycles. The van der Waals surface area contributed by atoms with Crippen molar-refractivity contribution < 1.29 is 0 Å². The average molecular weight is 184 g/mol. The quantitative estimate of drug-likeness (QED) is 0.744. The van der Waals surface area contributed by atoms with Crippen molar-refractivity contribution in [3.63, 3.8) is 0 Å². The van der Waals surface area contributed by atoms with Crippen molar-refractivity contribution >= 4 is 11.6 Å². The predicted octanol–water partition coefficient (Wildman–Crippen LogP) is 2.93. The Morgan fingerprint density at radius 3 is 2.58 bits per heavy atom. The molecule has 0 radical (unpaired) electrons. The molecule has 0 amide bonds. The van der Waals surface area contributed by atoms with E-state index in [1.54, 1.807) is 0 Å². The second kappa shape index (κ2) is 3.92. The molecule has 1 atom stereocenters. The maximum Gasteiger partial charge on any atom is 0.0438 e. The standard InChI is InChI=1S/C10H14ClN/c1-7-4-5-9(6-10(7)11)8(2)12-3/h4-6,8,12H,1-3H3. The second-order valence-electron chi connectivity index (χ2n) is 3.02. The zero-order valence-electron chi connectivity index (χ0n) is 7.69. The monoisotopic (exact) mass is 183 g/mol. The number of nitrogens with one attached hydrogen (secondary N) is 1. The van der Waals surface area contributed by atoms with Crippen LogP contribution in [0.4, 0.5) is 0 Å². The molecule has 0 aliphatic rings. The summed E-state index contributed by atoms with van der Waals surface area (Å²) >= 11 is 5.99. The first-order chi connectivity index (χ1) is 5.65. The van der Waals surface area contributed by atoms with Gasteiger partial charge in [0.2, 0.25) is 0 Å². The largest absolute Gasteiger partial charge is 0.313 e. The Bertz CT molecular complexity index is 271. The summed E-state index contributed by atoms with van der Waals surface area (Å²) in [5.74, 6) is 0. The maximum atomic E-state index is 5.99. The number of aryl methyl sites for hydroxylation is 1. The summed E-state index contributed by atoms with van der Waals surface area (Å²) in [7, 11) is 1.94. The topological polar surface area (TPSA) is 12.0 Å². The number of hydrogen-bond acceptors (Lipinski definition) is 1. The third-order valence-electron chi connectivity index (χ3n) is 2.13. The summed E-state index contributed by atoms with van der Waals surface area (Å²) in [6, 6.07) is 6.52. The van der Waals surface area contributed by atoms with Crippen molar-refractivity contribution in [1.82, 2.24) is 5.32 Å². The molecule has 0 saturated heterocycles. The van der Waals surface area contributed by atoms with E-state index in [1.165, 1.54) is 5.56 Å². The van der Waals surface area contributed by atoms with Crippen LogP contribution in [0.15, 0.2) is 18.2 Å². The fourth-order valence-corrected chi connectivity index (χ4v) is 1.23. The molecule has 1 N–H and O–H groups in total. The van der Waals surface area contributed by atoms with E-state index in [9.17, 15) is 0 Å². The highest BCUT2D eigenvalue weighted by Gasteiger charge is 2.03. The van der Waals surface area contributed by atoms with Crippen molar-refractivity contribution in [1.29, 1.82) is 0 Å². The first kappa shape index (κ1) is 9.56. The Labute approximate surface area is 78.7 Å². The smallest absolute Gasteiger partial charge is 0.0438 e. The van der Waals surface area contributed by atoms with Crippen LogP contribution in [0.5, 0.6) is 0 Å². The number of benzene rings is 1. The van der Waals surface area contributed by atoms with Gasteiger partial charge in [-0.1, -0.05) is 23.7 Å². The molecule has 1 aromatic carbocycles. The van der Waals surface area contributed by atoms with E-state index in [-0.39, 0.29) is 0 Å². The third-order valence-corrected chi connectivity index (χ3v) is 2.54. The van der Waals surface area contributed by atoms with Crippen LogP contribution in [-0.2, 0) is 0 Å². The van der Waals surface area contributed by atoms with Gasteiger partial charge in [0.25, 0.3) is 0 Å². The van der Waals surface area contributed by atoms with Gasteiger partial charge in [0, 0.05) is 11.1 Å². The van der Waals surface area contributed by atoms with Gasteiger partial charge in [0.1, 0.15) is 0 Å². The van der Waals surface area contributed by atoms with E-state index in [0.29, 0.717) is 6.04 Å². The Hall–Kier alpha value is -0.530. The molecule has 0 bridgehead atoms. The highest BCUT2D eigenvalue weighted by atomic mass is 35.5. The fourth-order valence-electron chi connectivity index (χ4n) is 1.05. The molecule has 1 aromatic rings. The fraction of sp³-hybridized carbons (Fsp3) is 0.400. The molecule has 12 heavy (non-hydrogen) atoms. The van der Waals surface area contributed by atoms with Gasteiger partial charge < -0.3 is 5.32 Å². The lowest BCUT2D eigenvalue weighted by atomic mass is 10.1. The molecule has 1 nitrogen and oxygen atoms in total. The zero-order valence-corrected chi connectivity index (χ0v) is 8.44. The Morgan fingerprint density at radius 2 is 2.08 bits per heavy atom. The van der Waals surface area contributed by atoms with Gasteiger partial charge in [0.05, 0.1) is 0 Å². The molecule has 66 valence electrons. The summed E-state index contributed by atoms with van der Waals surface area (Å²) in [6.45, 7) is 4.12. The summed E-state index contributed by atoms with van der Waals surface area (Å²) in [5, 5.41) is 4.01. The van der Waals surface area contributed by atoms with Crippen molar-refractivity contribution in [3.8, 4) is 0 Å². The summed E-state index contributed by atoms with van der Waals surface area (Å²) in [6.07, 6.45) is 0. The Kier molecular flexibility index (Phi) is 3.12. The lowest BCUT2D eigenvalue weighted by molar-refractivity contribution is 0.652. The predicted molar refractivity (Wildman–Crippen MR) is 53.7 cm³/mol. The maximum absolute atomic E-state index is 5.99. The van der Waals surface area contributed by atoms with Crippen LogP contribution in [-0.4, -0.2) is 7.05 Å². The summed E-state index contributed by atoms with van der Waals surface area (Å²) < 4.78 is 0. The summed E-state index contributed by atoms with van der Waals surface area (Å²) in [4.78, 5) is 0. The van der Waals surface area contributed by atoms with Gasteiger partial charge in [0.15, 0.2) is 0 Å². The molecule has 0 aromatic heterocycles. The molecule has 1 rings (SSSR count). The van der Waals surface area contributed by atoms with E-state index in [1.807, 2.05) is 26.1 Å². The third kappa shape index (κ3) is 1.99. The van der Waals surface area contributed by atoms with E-state index < -0.39 is 0 Å². The van der Waals surface area contributed by atoms with Gasteiger partial charge in [-0.05, 0) is 38.1 Å². The molecular weight excluding hydrogens is 170 g/mol. The second-order valence-corrected chi connectivity index (χ2v) is 3.43. The average Bonchev–Trinajstić information content (AvgIpc) is 2.08. The zero-order chi connectivity index (χ0) is 9.14. The van der Waals surface area contributed by atoms with Crippen LogP contribution in [0.3, 0.4) is 0 Å². The number of halogens is 1. The normalized spacial score (nSPS) is 13.0. The van der Waals surface area contributed by atoms with Crippen LogP contribution in [0, 0.1) is 6.92 Å². The highest BCUT2D eigenvalue weighted by Crippen LogP contribution is 2.20. The van der Waals surface area contributed by atoms with E-state index in [2.05, 4.69) is 18.3 Å². The number of hydrogen-bond donors (Lipinski definition) is 1. The first-order valence-electron chi connectivity index (χ1n) is 4.08. The molecule has 0 spiro atoms. The lowest BCUT2D eigenvalue weighted by Gasteiger charge is -2.11. The summed E-state index contributed by atoms with van der Waals surface area (Å²) in [5.41, 5.74) is 2.36. The molecular formula is C10H14ClN. The van der Waals surface area contributed by atoms with Crippen molar-refractivity contribution in [3.05, 3.63) is 34.3 Å². The Balaban J connectivity index is 2.96. The van der Waals surface area contributed by atoms with Crippen molar-refractivity contribution in [2.24, 2.45) is 0 Å².